The second kappa shape index (κ2) is 5.99. The Bertz CT molecular complexity index is 382. The predicted molar refractivity (Wildman–Crippen MR) is 59.1 cm³/mol. The maximum Gasteiger partial charge on any atom is 0.326 e. The maximum atomic E-state index is 11.7. The minimum absolute atomic E-state index is 0.0496. The molecule has 1 saturated heterocycles. The summed E-state index contributed by atoms with van der Waals surface area (Å²) in [5, 5.41) is 13.7. The van der Waals surface area contributed by atoms with Gasteiger partial charge in [-0.15, -0.1) is 0 Å². The van der Waals surface area contributed by atoms with Crippen molar-refractivity contribution in [3.63, 3.8) is 0 Å². The molecular weight excluding hydrogens is 242 g/mol. The van der Waals surface area contributed by atoms with Crippen molar-refractivity contribution in [1.82, 2.24) is 10.6 Å². The molecule has 0 aromatic rings. The van der Waals surface area contributed by atoms with Crippen LogP contribution in [0.1, 0.15) is 19.3 Å². The third-order valence-electron chi connectivity index (χ3n) is 2.64. The Morgan fingerprint density at radius 2 is 2.17 bits per heavy atom. The van der Waals surface area contributed by atoms with E-state index in [1.165, 1.54) is 0 Å². The highest BCUT2D eigenvalue weighted by molar-refractivity contribution is 5.91. The average molecular weight is 257 g/mol. The van der Waals surface area contributed by atoms with E-state index in [9.17, 15) is 19.2 Å². The molecule has 0 saturated carbocycles. The third-order valence-corrected chi connectivity index (χ3v) is 2.64. The lowest BCUT2D eigenvalue weighted by atomic mass is 10.1. The van der Waals surface area contributed by atoms with Crippen LogP contribution >= 0.6 is 0 Å². The fourth-order valence-electron chi connectivity index (χ4n) is 1.62. The van der Waals surface area contributed by atoms with Gasteiger partial charge in [-0.25, -0.2) is 4.79 Å². The number of aliphatic carboxylic acids is 1. The summed E-state index contributed by atoms with van der Waals surface area (Å²) in [6.45, 7) is 0.201. The number of carboxylic acid groups (broad SMARTS) is 1. The molecule has 1 heterocycles. The molecule has 18 heavy (non-hydrogen) atoms. The maximum absolute atomic E-state index is 11.7. The van der Waals surface area contributed by atoms with Gasteiger partial charge in [0, 0.05) is 19.4 Å². The Balaban J connectivity index is 2.49. The molecule has 2 atom stereocenters. The largest absolute Gasteiger partial charge is 0.480 e. The Hall–Kier alpha value is -2.12. The predicted octanol–water partition coefficient (Wildman–Crippen LogP) is -2.04. The molecular formula is C10H15N3O5. The van der Waals surface area contributed by atoms with Gasteiger partial charge in [-0.2, -0.15) is 0 Å². The Kier molecular flexibility index (Phi) is 4.64. The number of primary amides is 1. The molecule has 3 amide bonds. The van der Waals surface area contributed by atoms with Crippen molar-refractivity contribution in [3.8, 4) is 0 Å². The van der Waals surface area contributed by atoms with E-state index in [2.05, 4.69) is 10.6 Å². The second-order valence-electron chi connectivity index (χ2n) is 4.11. The summed E-state index contributed by atoms with van der Waals surface area (Å²) in [5.74, 6) is -3.17. The van der Waals surface area contributed by atoms with E-state index in [1.807, 2.05) is 0 Å². The summed E-state index contributed by atoms with van der Waals surface area (Å²) >= 11 is 0. The molecule has 1 rings (SSSR count). The zero-order valence-corrected chi connectivity index (χ0v) is 9.64. The number of nitrogens with one attached hydrogen (secondary N) is 2. The SMILES string of the molecule is NC(=O)CC[C@@H](NC(=O)C1CNC(=O)C1)C(=O)O. The lowest BCUT2D eigenvalue weighted by Crippen LogP contribution is -2.44. The van der Waals surface area contributed by atoms with Crippen LogP contribution < -0.4 is 16.4 Å². The van der Waals surface area contributed by atoms with Gasteiger partial charge >= 0.3 is 5.97 Å². The number of hydrogen-bond donors (Lipinski definition) is 4. The highest BCUT2D eigenvalue weighted by Crippen LogP contribution is 2.10. The summed E-state index contributed by atoms with van der Waals surface area (Å²) in [7, 11) is 0. The molecule has 1 aliphatic heterocycles. The van der Waals surface area contributed by atoms with Crippen LogP contribution in [-0.2, 0) is 19.2 Å². The Morgan fingerprint density at radius 3 is 2.61 bits per heavy atom. The molecule has 0 bridgehead atoms. The summed E-state index contributed by atoms with van der Waals surface area (Å²) in [4.78, 5) is 44.0. The van der Waals surface area contributed by atoms with Crippen molar-refractivity contribution >= 4 is 23.7 Å². The van der Waals surface area contributed by atoms with Crippen LogP contribution in [0, 0.1) is 5.92 Å². The number of nitrogens with two attached hydrogens (primary N) is 1. The summed E-state index contributed by atoms with van der Waals surface area (Å²) < 4.78 is 0. The minimum atomic E-state index is -1.23. The van der Waals surface area contributed by atoms with Gasteiger partial charge in [0.2, 0.25) is 17.7 Å². The van der Waals surface area contributed by atoms with Gasteiger partial charge in [0.15, 0.2) is 0 Å². The van der Waals surface area contributed by atoms with Crippen LogP contribution in [0.15, 0.2) is 0 Å². The minimum Gasteiger partial charge on any atom is -0.480 e. The summed E-state index contributed by atoms with van der Waals surface area (Å²) in [6, 6.07) is -1.17. The van der Waals surface area contributed by atoms with Crippen LogP contribution in [0.5, 0.6) is 0 Å². The van der Waals surface area contributed by atoms with Crippen molar-refractivity contribution < 1.29 is 24.3 Å². The summed E-state index contributed by atoms with van der Waals surface area (Å²) in [5.41, 5.74) is 4.91. The Morgan fingerprint density at radius 1 is 1.50 bits per heavy atom. The van der Waals surface area contributed by atoms with Crippen molar-refractivity contribution in [3.05, 3.63) is 0 Å². The van der Waals surface area contributed by atoms with Gasteiger partial charge in [-0.1, -0.05) is 0 Å². The highest BCUT2D eigenvalue weighted by Gasteiger charge is 2.30. The molecule has 0 radical (unpaired) electrons. The molecule has 0 aromatic heterocycles. The van der Waals surface area contributed by atoms with E-state index < -0.39 is 29.7 Å². The molecule has 0 aliphatic carbocycles. The fraction of sp³-hybridized carbons (Fsp3) is 0.600. The van der Waals surface area contributed by atoms with E-state index in [-0.39, 0.29) is 31.7 Å². The number of amides is 3. The molecule has 8 nitrogen and oxygen atoms in total. The molecule has 5 N–H and O–H groups in total. The second-order valence-corrected chi connectivity index (χ2v) is 4.11. The van der Waals surface area contributed by atoms with E-state index in [0.29, 0.717) is 0 Å². The molecule has 100 valence electrons. The highest BCUT2D eigenvalue weighted by atomic mass is 16.4. The van der Waals surface area contributed by atoms with E-state index in [4.69, 9.17) is 10.8 Å². The van der Waals surface area contributed by atoms with Gasteiger partial charge in [-0.05, 0) is 6.42 Å². The topological polar surface area (TPSA) is 139 Å². The van der Waals surface area contributed by atoms with Gasteiger partial charge in [-0.3, -0.25) is 14.4 Å². The fourth-order valence-corrected chi connectivity index (χ4v) is 1.62. The molecule has 1 fully saturated rings. The first-order valence-electron chi connectivity index (χ1n) is 5.48. The average Bonchev–Trinajstić information content (AvgIpc) is 2.70. The van der Waals surface area contributed by atoms with Gasteiger partial charge in [0.1, 0.15) is 6.04 Å². The number of carbonyl (C=O) groups is 4. The molecule has 0 spiro atoms. The first-order valence-corrected chi connectivity index (χ1v) is 5.48. The quantitative estimate of drug-likeness (QED) is 0.434. The van der Waals surface area contributed by atoms with Crippen molar-refractivity contribution in [2.75, 3.05) is 6.54 Å². The molecule has 8 heteroatoms. The lowest BCUT2D eigenvalue weighted by Gasteiger charge is -2.15. The van der Waals surface area contributed by atoms with Crippen LogP contribution in [0.4, 0.5) is 0 Å². The van der Waals surface area contributed by atoms with Crippen molar-refractivity contribution in [2.24, 2.45) is 11.7 Å². The zero-order chi connectivity index (χ0) is 13.7. The smallest absolute Gasteiger partial charge is 0.326 e. The van der Waals surface area contributed by atoms with Crippen molar-refractivity contribution in [1.29, 1.82) is 0 Å². The first-order chi connectivity index (χ1) is 8.40. The zero-order valence-electron chi connectivity index (χ0n) is 9.64. The van der Waals surface area contributed by atoms with Gasteiger partial charge in [0.05, 0.1) is 5.92 Å². The number of rotatable bonds is 6. The molecule has 0 aromatic carbocycles. The Labute approximate surface area is 103 Å². The molecule has 1 aliphatic rings. The molecule has 1 unspecified atom stereocenters. The number of hydrogen-bond acceptors (Lipinski definition) is 4. The number of carboxylic acids is 1. The van der Waals surface area contributed by atoms with Crippen molar-refractivity contribution in [2.45, 2.75) is 25.3 Å². The van der Waals surface area contributed by atoms with Crippen LogP contribution in [-0.4, -0.2) is 41.4 Å². The van der Waals surface area contributed by atoms with Crippen LogP contribution in [0.3, 0.4) is 0 Å². The van der Waals surface area contributed by atoms with Crippen LogP contribution in [0.25, 0.3) is 0 Å². The summed E-state index contributed by atoms with van der Waals surface area (Å²) in [6.07, 6.45) is -0.141. The van der Waals surface area contributed by atoms with Gasteiger partial charge in [0.25, 0.3) is 0 Å². The van der Waals surface area contributed by atoms with Gasteiger partial charge < -0.3 is 21.5 Å². The third kappa shape index (κ3) is 4.04. The monoisotopic (exact) mass is 257 g/mol. The first kappa shape index (κ1) is 13.9. The normalized spacial score (nSPS) is 20.0. The standard InChI is InChI=1S/C10H15N3O5/c11-7(14)2-1-6(10(17)18)13-9(16)5-3-8(15)12-4-5/h5-6H,1-4H2,(H2,11,14)(H,12,15)(H,13,16)(H,17,18)/t5?,6-/m1/s1. The van der Waals surface area contributed by atoms with E-state index in [0.717, 1.165) is 0 Å². The lowest BCUT2D eigenvalue weighted by molar-refractivity contribution is -0.142. The number of carbonyl (C=O) groups excluding carboxylic acids is 3. The van der Waals surface area contributed by atoms with Crippen LogP contribution in [0.2, 0.25) is 0 Å². The van der Waals surface area contributed by atoms with E-state index >= 15 is 0 Å². The van der Waals surface area contributed by atoms with E-state index in [1.54, 1.807) is 0 Å².